The average Bonchev–Trinajstić information content (AvgIpc) is 3.58. The van der Waals surface area contributed by atoms with Gasteiger partial charge in [0.2, 0.25) is 0 Å². The third kappa shape index (κ3) is 5.67. The van der Waals surface area contributed by atoms with Crippen molar-refractivity contribution in [2.24, 2.45) is 0 Å². The van der Waals surface area contributed by atoms with E-state index in [4.69, 9.17) is 9.47 Å². The van der Waals surface area contributed by atoms with Crippen LogP contribution in [0.1, 0.15) is 18.4 Å². The Bertz CT molecular complexity index is 1130. The zero-order valence-electron chi connectivity index (χ0n) is 19.4. The third-order valence-electron chi connectivity index (χ3n) is 5.77. The van der Waals surface area contributed by atoms with Gasteiger partial charge in [0, 0.05) is 38.4 Å². The zero-order chi connectivity index (χ0) is 23.9. The first-order chi connectivity index (χ1) is 16.5. The maximum absolute atomic E-state index is 12.9. The van der Waals surface area contributed by atoms with Crippen LogP contribution in [0.4, 0.5) is 10.5 Å². The summed E-state index contributed by atoms with van der Waals surface area (Å²) in [4.78, 5) is 28.8. The molecule has 2 heterocycles. The van der Waals surface area contributed by atoms with Crippen LogP contribution in [0.15, 0.2) is 54.9 Å². The van der Waals surface area contributed by atoms with Gasteiger partial charge < -0.3 is 24.6 Å². The second kappa shape index (κ2) is 10.7. The normalized spacial score (nSPS) is 12.9. The molecule has 1 aliphatic heterocycles. The predicted octanol–water partition coefficient (Wildman–Crippen LogP) is 3.75. The summed E-state index contributed by atoms with van der Waals surface area (Å²) in [7, 11) is 3.32. The lowest BCUT2D eigenvalue weighted by Gasteiger charge is -2.21. The molecule has 1 aliphatic rings. The molecule has 178 valence electrons. The Kier molecular flexibility index (Phi) is 7.31. The van der Waals surface area contributed by atoms with Gasteiger partial charge in [-0.3, -0.25) is 9.89 Å². The number of ether oxygens (including phenoxy) is 2. The summed E-state index contributed by atoms with van der Waals surface area (Å²) >= 11 is 0. The van der Waals surface area contributed by atoms with E-state index in [0.29, 0.717) is 18.0 Å². The summed E-state index contributed by atoms with van der Waals surface area (Å²) in [6.07, 6.45) is 5.51. The van der Waals surface area contributed by atoms with E-state index < -0.39 is 0 Å². The van der Waals surface area contributed by atoms with Crippen molar-refractivity contribution < 1.29 is 19.1 Å². The fourth-order valence-corrected chi connectivity index (χ4v) is 3.86. The van der Waals surface area contributed by atoms with E-state index in [2.05, 4.69) is 15.5 Å². The topological polar surface area (TPSA) is 99.8 Å². The summed E-state index contributed by atoms with van der Waals surface area (Å²) in [5, 5.41) is 9.69. The molecule has 34 heavy (non-hydrogen) atoms. The number of carbonyl (C=O) groups excluding carboxylic acids is 2. The van der Waals surface area contributed by atoms with E-state index in [0.717, 1.165) is 48.4 Å². The van der Waals surface area contributed by atoms with Gasteiger partial charge in [-0.15, -0.1) is 0 Å². The van der Waals surface area contributed by atoms with E-state index in [9.17, 15) is 9.59 Å². The van der Waals surface area contributed by atoms with E-state index in [1.54, 1.807) is 48.5 Å². The predicted molar refractivity (Wildman–Crippen MR) is 129 cm³/mol. The van der Waals surface area contributed by atoms with E-state index >= 15 is 0 Å². The van der Waals surface area contributed by atoms with Gasteiger partial charge in [0.05, 0.1) is 19.0 Å². The molecule has 3 amide bonds. The van der Waals surface area contributed by atoms with Gasteiger partial charge in [0.15, 0.2) is 6.61 Å². The SMILES string of the molecule is COc1cccc(CN(C)C(=O)Nc2ccc(-c3cn[nH]c3)cc2OCC(=O)N2CCCC2)c1. The van der Waals surface area contributed by atoms with Crippen LogP contribution >= 0.6 is 0 Å². The smallest absolute Gasteiger partial charge is 0.321 e. The van der Waals surface area contributed by atoms with Gasteiger partial charge in [-0.05, 0) is 48.2 Å². The van der Waals surface area contributed by atoms with Gasteiger partial charge in [-0.1, -0.05) is 18.2 Å². The molecule has 3 aromatic rings. The fourth-order valence-electron chi connectivity index (χ4n) is 3.86. The van der Waals surface area contributed by atoms with Gasteiger partial charge in [-0.25, -0.2) is 4.79 Å². The molecule has 0 saturated carbocycles. The highest BCUT2D eigenvalue weighted by atomic mass is 16.5. The van der Waals surface area contributed by atoms with Crippen molar-refractivity contribution in [1.29, 1.82) is 0 Å². The largest absolute Gasteiger partial charge is 0.497 e. The number of aromatic nitrogens is 2. The van der Waals surface area contributed by atoms with Crippen LogP contribution in [0.3, 0.4) is 0 Å². The van der Waals surface area contributed by atoms with Crippen LogP contribution in [0, 0.1) is 0 Å². The first kappa shape index (κ1) is 23.2. The van der Waals surface area contributed by atoms with Crippen molar-refractivity contribution in [1.82, 2.24) is 20.0 Å². The molecule has 2 N–H and O–H groups in total. The zero-order valence-corrected chi connectivity index (χ0v) is 19.4. The highest BCUT2D eigenvalue weighted by molar-refractivity contribution is 5.91. The number of urea groups is 1. The number of aromatic amines is 1. The standard InChI is InChI=1S/C25H29N5O4/c1-29(16-18-6-5-7-21(12-18)33-2)25(32)28-22-9-8-19(20-14-26-27-15-20)13-23(22)34-17-24(31)30-10-3-4-11-30/h5-9,12-15H,3-4,10-11,16-17H2,1-2H3,(H,26,27)(H,28,32). The molecule has 0 radical (unpaired) electrons. The molecular formula is C25H29N5O4. The minimum atomic E-state index is -0.297. The lowest BCUT2D eigenvalue weighted by atomic mass is 10.1. The Balaban J connectivity index is 1.48. The van der Waals surface area contributed by atoms with E-state index in [1.165, 1.54) is 0 Å². The Morgan fingerprint density at radius 3 is 2.71 bits per heavy atom. The summed E-state index contributed by atoms with van der Waals surface area (Å²) in [6.45, 7) is 1.84. The minimum absolute atomic E-state index is 0.0568. The number of rotatable bonds is 8. The maximum atomic E-state index is 12.9. The number of likely N-dealkylation sites (tertiary alicyclic amines) is 1. The lowest BCUT2D eigenvalue weighted by molar-refractivity contribution is -0.132. The second-order valence-corrected chi connectivity index (χ2v) is 8.21. The Labute approximate surface area is 198 Å². The highest BCUT2D eigenvalue weighted by Crippen LogP contribution is 2.31. The number of anilines is 1. The van der Waals surface area contributed by atoms with Crippen LogP contribution < -0.4 is 14.8 Å². The van der Waals surface area contributed by atoms with Gasteiger partial charge in [0.25, 0.3) is 5.91 Å². The summed E-state index contributed by atoms with van der Waals surface area (Å²) < 4.78 is 11.2. The van der Waals surface area contributed by atoms with Crippen LogP contribution in [-0.4, -0.2) is 65.8 Å². The molecule has 9 heteroatoms. The highest BCUT2D eigenvalue weighted by Gasteiger charge is 2.20. The molecule has 0 bridgehead atoms. The van der Waals surface area contributed by atoms with Crippen LogP contribution in [0.25, 0.3) is 11.1 Å². The second-order valence-electron chi connectivity index (χ2n) is 8.21. The quantitative estimate of drug-likeness (QED) is 0.530. The summed E-state index contributed by atoms with van der Waals surface area (Å²) in [5.74, 6) is 1.10. The van der Waals surface area contributed by atoms with Crippen LogP contribution in [0.2, 0.25) is 0 Å². The summed E-state index contributed by atoms with van der Waals surface area (Å²) in [5.41, 5.74) is 3.17. The van der Waals surface area contributed by atoms with Crippen molar-refractivity contribution in [3.63, 3.8) is 0 Å². The maximum Gasteiger partial charge on any atom is 0.321 e. The van der Waals surface area contributed by atoms with Crippen molar-refractivity contribution in [2.45, 2.75) is 19.4 Å². The number of H-pyrrole nitrogens is 1. The monoisotopic (exact) mass is 463 g/mol. The first-order valence-electron chi connectivity index (χ1n) is 11.2. The average molecular weight is 464 g/mol. The van der Waals surface area contributed by atoms with E-state index in [-0.39, 0.29) is 18.5 Å². The molecule has 0 spiro atoms. The number of carbonyl (C=O) groups is 2. The molecule has 0 unspecified atom stereocenters. The minimum Gasteiger partial charge on any atom is -0.497 e. The molecule has 1 fully saturated rings. The van der Waals surface area contributed by atoms with Crippen molar-refractivity contribution in [3.05, 3.63) is 60.4 Å². The van der Waals surface area contributed by atoms with Crippen LogP contribution in [-0.2, 0) is 11.3 Å². The fraction of sp³-hybridized carbons (Fsp3) is 0.320. The third-order valence-corrected chi connectivity index (χ3v) is 5.77. The Hall–Kier alpha value is -4.01. The molecule has 4 rings (SSSR count). The first-order valence-corrected chi connectivity index (χ1v) is 11.2. The molecule has 1 saturated heterocycles. The molecule has 0 aliphatic carbocycles. The molecular weight excluding hydrogens is 434 g/mol. The lowest BCUT2D eigenvalue weighted by Crippen LogP contribution is -2.33. The van der Waals surface area contributed by atoms with Gasteiger partial charge >= 0.3 is 6.03 Å². The number of methoxy groups -OCH3 is 1. The number of hydrogen-bond donors (Lipinski definition) is 2. The van der Waals surface area contributed by atoms with Crippen molar-refractivity contribution in [3.8, 4) is 22.6 Å². The molecule has 0 atom stereocenters. The van der Waals surface area contributed by atoms with Gasteiger partial charge in [-0.2, -0.15) is 5.10 Å². The summed E-state index contributed by atoms with van der Waals surface area (Å²) in [6, 6.07) is 12.7. The van der Waals surface area contributed by atoms with Crippen molar-refractivity contribution in [2.75, 3.05) is 39.2 Å². The number of amides is 3. The van der Waals surface area contributed by atoms with Crippen molar-refractivity contribution >= 4 is 17.6 Å². The van der Waals surface area contributed by atoms with Gasteiger partial charge in [0.1, 0.15) is 11.5 Å². The van der Waals surface area contributed by atoms with E-state index in [1.807, 2.05) is 30.3 Å². The molecule has 9 nitrogen and oxygen atoms in total. The molecule has 1 aromatic heterocycles. The number of hydrogen-bond acceptors (Lipinski definition) is 5. The molecule has 2 aromatic carbocycles. The Morgan fingerprint density at radius 1 is 1.15 bits per heavy atom. The van der Waals surface area contributed by atoms with Crippen LogP contribution in [0.5, 0.6) is 11.5 Å². The number of nitrogens with zero attached hydrogens (tertiary/aromatic N) is 3. The number of nitrogens with one attached hydrogen (secondary N) is 2. The number of benzene rings is 2. The Morgan fingerprint density at radius 2 is 1.97 bits per heavy atom.